The predicted molar refractivity (Wildman–Crippen MR) is 137 cm³/mol. The predicted octanol–water partition coefficient (Wildman–Crippen LogP) is 0.870. The molecule has 0 aliphatic carbocycles. The topological polar surface area (TPSA) is 88.6 Å². The van der Waals surface area contributed by atoms with Crippen molar-refractivity contribution in [3.05, 3.63) is 0 Å². The molecule has 31 heavy (non-hydrogen) atoms. The Morgan fingerprint density at radius 3 is 2.23 bits per heavy atom. The van der Waals surface area contributed by atoms with Crippen molar-refractivity contribution in [2.24, 2.45) is 4.99 Å². The summed E-state index contributed by atoms with van der Waals surface area (Å²) < 4.78 is 25.1. The molecule has 11 heteroatoms. The second kappa shape index (κ2) is 13.8. The van der Waals surface area contributed by atoms with Gasteiger partial charge in [-0.1, -0.05) is 0 Å². The van der Waals surface area contributed by atoms with E-state index >= 15 is 0 Å². The molecule has 0 aromatic carbocycles. The summed E-state index contributed by atoms with van der Waals surface area (Å²) in [6.07, 6.45) is 2.93. The molecule has 2 aliphatic rings. The first-order valence-corrected chi connectivity index (χ1v) is 12.9. The molecule has 2 saturated heterocycles. The molecule has 0 saturated carbocycles. The lowest BCUT2D eigenvalue weighted by Gasteiger charge is -2.39. The molecular weight excluding hydrogens is 531 g/mol. The molecule has 2 rings (SSSR count). The Morgan fingerprint density at radius 2 is 1.68 bits per heavy atom. The Labute approximate surface area is 205 Å². The molecule has 2 aliphatic heterocycles. The molecular formula is C20H41IN6O3S. The van der Waals surface area contributed by atoms with Gasteiger partial charge in [-0.05, 0) is 40.0 Å². The number of hydrogen-bond donors (Lipinski definition) is 1. The van der Waals surface area contributed by atoms with Crippen molar-refractivity contribution in [1.29, 1.82) is 0 Å². The Morgan fingerprint density at radius 1 is 1.06 bits per heavy atom. The third-order valence-electron chi connectivity index (χ3n) is 6.00. The van der Waals surface area contributed by atoms with Gasteiger partial charge in [0.25, 0.3) is 0 Å². The van der Waals surface area contributed by atoms with Crippen molar-refractivity contribution in [3.63, 3.8) is 0 Å². The number of hydrogen-bond acceptors (Lipinski definition) is 5. The maximum absolute atomic E-state index is 12.7. The summed E-state index contributed by atoms with van der Waals surface area (Å²) >= 11 is 0. The first kappa shape index (κ1) is 28.4. The molecule has 2 heterocycles. The van der Waals surface area contributed by atoms with E-state index in [0.717, 1.165) is 64.6 Å². The fourth-order valence-electron chi connectivity index (χ4n) is 3.94. The SMILES string of the molecule is CCNC(=NCCCN(C)S(=O)(=O)CC)N1CCN(C(C)C(=O)N2CCCC2)CC1.I. The van der Waals surface area contributed by atoms with Crippen LogP contribution in [0.5, 0.6) is 0 Å². The van der Waals surface area contributed by atoms with Gasteiger partial charge in [0.1, 0.15) is 0 Å². The highest BCUT2D eigenvalue weighted by atomic mass is 127. The van der Waals surface area contributed by atoms with Crippen LogP contribution in [0.4, 0.5) is 0 Å². The summed E-state index contributed by atoms with van der Waals surface area (Å²) in [6.45, 7) is 12.7. The summed E-state index contributed by atoms with van der Waals surface area (Å²) in [5, 5.41) is 3.34. The smallest absolute Gasteiger partial charge is 0.239 e. The van der Waals surface area contributed by atoms with Gasteiger partial charge in [0.2, 0.25) is 15.9 Å². The Kier molecular flexibility index (Phi) is 12.6. The number of nitrogens with one attached hydrogen (secondary N) is 1. The third-order valence-corrected chi connectivity index (χ3v) is 7.87. The lowest BCUT2D eigenvalue weighted by molar-refractivity contribution is -0.135. The number of aliphatic imine (C=N–C) groups is 1. The Hall–Kier alpha value is -0.660. The van der Waals surface area contributed by atoms with Crippen molar-refractivity contribution >= 4 is 45.9 Å². The van der Waals surface area contributed by atoms with Crippen LogP contribution in [0, 0.1) is 0 Å². The van der Waals surface area contributed by atoms with E-state index in [4.69, 9.17) is 4.99 Å². The molecule has 0 aromatic rings. The zero-order valence-corrected chi connectivity index (χ0v) is 22.7. The number of amides is 1. The number of piperazine rings is 1. The number of sulfonamides is 1. The first-order valence-electron chi connectivity index (χ1n) is 11.3. The second-order valence-electron chi connectivity index (χ2n) is 8.04. The highest BCUT2D eigenvalue weighted by Crippen LogP contribution is 2.14. The van der Waals surface area contributed by atoms with Crippen LogP contribution >= 0.6 is 24.0 Å². The zero-order valence-electron chi connectivity index (χ0n) is 19.5. The molecule has 0 spiro atoms. The number of carbonyl (C=O) groups is 1. The van der Waals surface area contributed by atoms with Crippen molar-refractivity contribution in [3.8, 4) is 0 Å². The van der Waals surface area contributed by atoms with Crippen molar-refractivity contribution in [2.75, 3.05) is 71.7 Å². The van der Waals surface area contributed by atoms with Crippen LogP contribution in [0.1, 0.15) is 40.0 Å². The van der Waals surface area contributed by atoms with E-state index in [-0.39, 0.29) is 41.7 Å². The highest BCUT2D eigenvalue weighted by Gasteiger charge is 2.30. The number of halogens is 1. The standard InChI is InChI=1S/C20H40N6O3S.HI/c1-5-21-20(22-10-9-11-23(4)30(28,29)6-2)26-16-14-24(15-17-26)18(3)19(27)25-12-7-8-13-25;/h18H,5-17H2,1-4H3,(H,21,22);1H. The minimum atomic E-state index is -3.13. The monoisotopic (exact) mass is 572 g/mol. The molecule has 0 radical (unpaired) electrons. The Bertz CT molecular complexity index is 676. The molecule has 1 amide bonds. The van der Waals surface area contributed by atoms with Gasteiger partial charge in [-0.25, -0.2) is 12.7 Å². The maximum Gasteiger partial charge on any atom is 0.239 e. The largest absolute Gasteiger partial charge is 0.357 e. The molecule has 1 atom stereocenters. The molecule has 1 unspecified atom stereocenters. The fraction of sp³-hybridized carbons (Fsp3) is 0.900. The number of rotatable bonds is 9. The second-order valence-corrected chi connectivity index (χ2v) is 10.4. The van der Waals surface area contributed by atoms with E-state index in [1.807, 2.05) is 18.7 Å². The summed E-state index contributed by atoms with van der Waals surface area (Å²) in [5.74, 6) is 1.25. The van der Waals surface area contributed by atoms with Gasteiger partial charge in [0, 0.05) is 66.0 Å². The normalized spacial score (nSPS) is 19.5. The first-order chi connectivity index (χ1) is 14.3. The van der Waals surface area contributed by atoms with E-state index in [9.17, 15) is 13.2 Å². The summed E-state index contributed by atoms with van der Waals surface area (Å²) in [5.41, 5.74) is 0. The van der Waals surface area contributed by atoms with Crippen molar-refractivity contribution in [1.82, 2.24) is 24.3 Å². The van der Waals surface area contributed by atoms with Crippen LogP contribution in [-0.4, -0.2) is 117 Å². The lowest BCUT2D eigenvalue weighted by atomic mass is 10.2. The number of likely N-dealkylation sites (tertiary alicyclic amines) is 1. The van der Waals surface area contributed by atoms with E-state index < -0.39 is 10.0 Å². The van der Waals surface area contributed by atoms with Gasteiger partial charge >= 0.3 is 0 Å². The number of guanidine groups is 1. The summed E-state index contributed by atoms with van der Waals surface area (Å²) in [7, 11) is -1.51. The van der Waals surface area contributed by atoms with E-state index in [0.29, 0.717) is 19.5 Å². The van der Waals surface area contributed by atoms with Gasteiger partial charge in [0.15, 0.2) is 5.96 Å². The van der Waals surface area contributed by atoms with Crippen molar-refractivity contribution in [2.45, 2.75) is 46.1 Å². The zero-order chi connectivity index (χ0) is 22.1. The number of carbonyl (C=O) groups excluding carboxylic acids is 1. The van der Waals surface area contributed by atoms with Gasteiger partial charge in [0.05, 0.1) is 11.8 Å². The lowest BCUT2D eigenvalue weighted by Crippen LogP contribution is -2.57. The maximum atomic E-state index is 12.7. The van der Waals surface area contributed by atoms with Gasteiger partial charge in [-0.15, -0.1) is 24.0 Å². The molecule has 1 N–H and O–H groups in total. The Balaban J connectivity index is 0.00000480. The van der Waals surface area contributed by atoms with Gasteiger partial charge in [-0.2, -0.15) is 0 Å². The highest BCUT2D eigenvalue weighted by molar-refractivity contribution is 14.0. The van der Waals surface area contributed by atoms with Gasteiger partial charge < -0.3 is 15.1 Å². The molecule has 9 nitrogen and oxygen atoms in total. The molecule has 0 bridgehead atoms. The minimum Gasteiger partial charge on any atom is -0.357 e. The van der Waals surface area contributed by atoms with E-state index in [1.54, 1.807) is 14.0 Å². The van der Waals surface area contributed by atoms with Crippen LogP contribution in [0.2, 0.25) is 0 Å². The third kappa shape index (κ3) is 8.32. The van der Waals surface area contributed by atoms with Crippen LogP contribution in [0.15, 0.2) is 4.99 Å². The van der Waals surface area contributed by atoms with Crippen LogP contribution < -0.4 is 5.32 Å². The fourth-order valence-corrected chi connectivity index (χ4v) is 4.79. The summed E-state index contributed by atoms with van der Waals surface area (Å²) in [4.78, 5) is 23.9. The van der Waals surface area contributed by atoms with E-state index in [1.165, 1.54) is 4.31 Å². The van der Waals surface area contributed by atoms with Crippen LogP contribution in [0.3, 0.4) is 0 Å². The summed E-state index contributed by atoms with van der Waals surface area (Å²) in [6, 6.07) is -0.0687. The van der Waals surface area contributed by atoms with E-state index in [2.05, 4.69) is 15.1 Å². The molecule has 0 aromatic heterocycles. The average Bonchev–Trinajstić information content (AvgIpc) is 3.29. The van der Waals surface area contributed by atoms with Gasteiger partial charge in [-0.3, -0.25) is 14.7 Å². The van der Waals surface area contributed by atoms with Crippen LogP contribution in [0.25, 0.3) is 0 Å². The quantitative estimate of drug-likeness (QED) is 0.191. The molecule has 182 valence electrons. The van der Waals surface area contributed by atoms with Crippen molar-refractivity contribution < 1.29 is 13.2 Å². The minimum absolute atomic E-state index is 0. The number of nitrogens with zero attached hydrogens (tertiary/aromatic N) is 5. The van der Waals surface area contributed by atoms with Crippen LogP contribution in [-0.2, 0) is 14.8 Å². The molecule has 2 fully saturated rings. The average molecular weight is 573 g/mol.